The second-order valence-corrected chi connectivity index (χ2v) is 4.04. The van der Waals surface area contributed by atoms with Crippen LogP contribution in [0.2, 0.25) is 10.4 Å². The van der Waals surface area contributed by atoms with E-state index in [0.717, 1.165) is 0 Å². The minimum absolute atomic E-state index is 0.0203. The van der Waals surface area contributed by atoms with Crippen molar-refractivity contribution in [3.8, 4) is 0 Å². The number of aliphatic hydroxyl groups is 2. The lowest BCUT2D eigenvalue weighted by Crippen LogP contribution is -2.18. The van der Waals surface area contributed by atoms with Gasteiger partial charge < -0.3 is 14.9 Å². The molecule has 7 nitrogen and oxygen atoms in total. The molecule has 9 heteroatoms. The van der Waals surface area contributed by atoms with Gasteiger partial charge in [0.15, 0.2) is 17.0 Å². The molecule has 0 saturated carbocycles. The van der Waals surface area contributed by atoms with E-state index in [4.69, 9.17) is 33.0 Å². The van der Waals surface area contributed by atoms with Crippen molar-refractivity contribution < 1.29 is 14.9 Å². The van der Waals surface area contributed by atoms with Crippen molar-refractivity contribution in [2.24, 2.45) is 0 Å². The van der Waals surface area contributed by atoms with Gasteiger partial charge in [-0.2, -0.15) is 4.98 Å². The Morgan fingerprint density at radius 2 is 2.11 bits per heavy atom. The average Bonchev–Trinajstić information content (AvgIpc) is 2.74. The molecule has 0 aromatic carbocycles. The van der Waals surface area contributed by atoms with E-state index < -0.39 is 6.23 Å². The van der Waals surface area contributed by atoms with Crippen molar-refractivity contribution in [2.75, 3.05) is 19.8 Å². The SMILES string of the molecule is OCCO[C@H](CO)n1cnc2c(Cl)nc(Cl)nc21. The summed E-state index contributed by atoms with van der Waals surface area (Å²) in [6.07, 6.45) is 0.698. The first kappa shape index (κ1) is 13.4. The Hall–Kier alpha value is -0.990. The van der Waals surface area contributed by atoms with Crippen molar-refractivity contribution in [3.63, 3.8) is 0 Å². The zero-order valence-corrected chi connectivity index (χ0v) is 10.6. The second kappa shape index (κ2) is 5.77. The molecule has 0 aliphatic rings. The first-order valence-electron chi connectivity index (χ1n) is 5.06. The number of ether oxygens (including phenoxy) is 1. The number of nitrogens with zero attached hydrogens (tertiary/aromatic N) is 4. The second-order valence-electron chi connectivity index (χ2n) is 3.34. The van der Waals surface area contributed by atoms with Gasteiger partial charge in [0.25, 0.3) is 0 Å². The van der Waals surface area contributed by atoms with Crippen LogP contribution >= 0.6 is 23.2 Å². The molecule has 2 N–H and O–H groups in total. The number of hydrogen-bond donors (Lipinski definition) is 2. The largest absolute Gasteiger partial charge is 0.394 e. The van der Waals surface area contributed by atoms with Gasteiger partial charge in [0.05, 0.1) is 26.1 Å². The van der Waals surface area contributed by atoms with E-state index in [-0.39, 0.29) is 30.3 Å². The zero-order chi connectivity index (χ0) is 13.1. The maximum Gasteiger partial charge on any atom is 0.225 e. The van der Waals surface area contributed by atoms with E-state index in [1.165, 1.54) is 10.9 Å². The Morgan fingerprint density at radius 1 is 1.33 bits per heavy atom. The van der Waals surface area contributed by atoms with E-state index in [2.05, 4.69) is 15.0 Å². The summed E-state index contributed by atoms with van der Waals surface area (Å²) in [6.45, 7) is -0.373. The van der Waals surface area contributed by atoms with Gasteiger partial charge in [0, 0.05) is 0 Å². The highest BCUT2D eigenvalue weighted by Crippen LogP contribution is 2.23. The van der Waals surface area contributed by atoms with Gasteiger partial charge in [0.2, 0.25) is 5.28 Å². The van der Waals surface area contributed by atoms with Crippen LogP contribution < -0.4 is 0 Å². The third kappa shape index (κ3) is 2.55. The normalized spacial score (nSPS) is 13.1. The highest BCUT2D eigenvalue weighted by Gasteiger charge is 2.17. The lowest BCUT2D eigenvalue weighted by molar-refractivity contribution is -0.0444. The summed E-state index contributed by atoms with van der Waals surface area (Å²) in [6, 6.07) is 0. The van der Waals surface area contributed by atoms with Crippen LogP contribution in [-0.4, -0.2) is 49.6 Å². The number of imidazole rings is 1. The van der Waals surface area contributed by atoms with Gasteiger partial charge in [-0.05, 0) is 11.6 Å². The minimum atomic E-state index is -0.718. The Bertz CT molecular complexity index is 548. The summed E-state index contributed by atoms with van der Waals surface area (Å²) in [5.74, 6) is 0. The predicted molar refractivity (Wildman–Crippen MR) is 64.5 cm³/mol. The molecule has 2 aromatic rings. The summed E-state index contributed by atoms with van der Waals surface area (Å²) >= 11 is 11.6. The molecular formula is C9H10Cl2N4O3. The Labute approximate surface area is 112 Å². The van der Waals surface area contributed by atoms with Crippen molar-refractivity contribution in [3.05, 3.63) is 16.8 Å². The fourth-order valence-corrected chi connectivity index (χ4v) is 1.90. The van der Waals surface area contributed by atoms with Crippen molar-refractivity contribution in [1.29, 1.82) is 0 Å². The standard InChI is InChI=1S/C9H10Cl2N4O3/c10-7-6-8(14-9(11)13-7)15(4-12-6)5(3-17)18-2-1-16/h4-5,16-17H,1-3H2/t5-/m1/s1. The van der Waals surface area contributed by atoms with Crippen molar-refractivity contribution in [1.82, 2.24) is 19.5 Å². The summed E-state index contributed by atoms with van der Waals surface area (Å²) < 4.78 is 6.73. The van der Waals surface area contributed by atoms with Gasteiger partial charge in [-0.15, -0.1) is 0 Å². The first-order valence-corrected chi connectivity index (χ1v) is 5.82. The molecule has 0 saturated heterocycles. The van der Waals surface area contributed by atoms with Crippen LogP contribution in [0.1, 0.15) is 6.23 Å². The van der Waals surface area contributed by atoms with Crippen LogP contribution in [0.3, 0.4) is 0 Å². The molecule has 0 amide bonds. The van der Waals surface area contributed by atoms with Crippen molar-refractivity contribution in [2.45, 2.75) is 6.23 Å². The van der Waals surface area contributed by atoms with Gasteiger partial charge >= 0.3 is 0 Å². The quantitative estimate of drug-likeness (QED) is 0.620. The number of halogens is 2. The van der Waals surface area contributed by atoms with E-state index >= 15 is 0 Å². The monoisotopic (exact) mass is 292 g/mol. The topological polar surface area (TPSA) is 93.3 Å². The van der Waals surface area contributed by atoms with E-state index in [0.29, 0.717) is 11.2 Å². The van der Waals surface area contributed by atoms with Gasteiger partial charge in [-0.25, -0.2) is 9.97 Å². The maximum absolute atomic E-state index is 9.26. The van der Waals surface area contributed by atoms with Crippen LogP contribution in [0.15, 0.2) is 6.33 Å². The molecule has 2 rings (SSSR count). The van der Waals surface area contributed by atoms with Crippen molar-refractivity contribution >= 4 is 34.4 Å². The molecule has 1 atom stereocenters. The molecule has 0 unspecified atom stereocenters. The van der Waals surface area contributed by atoms with E-state index in [9.17, 15) is 5.11 Å². The molecule has 0 aliphatic heterocycles. The van der Waals surface area contributed by atoms with Gasteiger partial charge in [-0.1, -0.05) is 11.6 Å². The molecule has 2 aromatic heterocycles. The fraction of sp³-hybridized carbons (Fsp3) is 0.444. The van der Waals surface area contributed by atoms with Crippen LogP contribution in [0.25, 0.3) is 11.2 Å². The third-order valence-corrected chi connectivity index (χ3v) is 2.65. The summed E-state index contributed by atoms with van der Waals surface area (Å²) in [4.78, 5) is 11.8. The highest BCUT2D eigenvalue weighted by atomic mass is 35.5. The number of fused-ring (bicyclic) bond motifs is 1. The highest BCUT2D eigenvalue weighted by molar-refractivity contribution is 6.35. The summed E-state index contributed by atoms with van der Waals surface area (Å²) in [5.41, 5.74) is 0.726. The molecule has 0 aliphatic carbocycles. The smallest absolute Gasteiger partial charge is 0.225 e. The lowest BCUT2D eigenvalue weighted by Gasteiger charge is -2.16. The number of hydrogen-bond acceptors (Lipinski definition) is 6. The minimum Gasteiger partial charge on any atom is -0.394 e. The first-order chi connectivity index (χ1) is 8.67. The average molecular weight is 293 g/mol. The van der Waals surface area contributed by atoms with Gasteiger partial charge in [-0.3, -0.25) is 4.57 Å². The molecule has 18 heavy (non-hydrogen) atoms. The molecule has 0 bridgehead atoms. The van der Waals surface area contributed by atoms with Gasteiger partial charge in [0.1, 0.15) is 5.52 Å². The molecule has 0 radical (unpaired) electrons. The van der Waals surface area contributed by atoms with Crippen LogP contribution in [0.4, 0.5) is 0 Å². The van der Waals surface area contributed by atoms with Crippen LogP contribution in [0, 0.1) is 0 Å². The predicted octanol–water partition coefficient (Wildman–Crippen LogP) is 0.633. The maximum atomic E-state index is 9.26. The Kier molecular flexibility index (Phi) is 4.31. The number of rotatable bonds is 5. The summed E-state index contributed by atoms with van der Waals surface area (Å²) in [7, 11) is 0. The van der Waals surface area contributed by atoms with Crippen LogP contribution in [-0.2, 0) is 4.74 Å². The zero-order valence-electron chi connectivity index (χ0n) is 9.12. The molecule has 2 heterocycles. The van der Waals surface area contributed by atoms with Crippen LogP contribution in [0.5, 0.6) is 0 Å². The third-order valence-electron chi connectivity index (χ3n) is 2.22. The van der Waals surface area contributed by atoms with E-state index in [1.807, 2.05) is 0 Å². The Balaban J connectivity index is 2.43. The summed E-state index contributed by atoms with van der Waals surface area (Å²) in [5, 5.41) is 18.1. The van der Waals surface area contributed by atoms with E-state index in [1.54, 1.807) is 0 Å². The molecule has 0 spiro atoms. The fourth-order valence-electron chi connectivity index (χ4n) is 1.48. The Morgan fingerprint density at radius 3 is 2.78 bits per heavy atom. The lowest BCUT2D eigenvalue weighted by atomic mass is 10.5. The number of aromatic nitrogens is 4. The number of aliphatic hydroxyl groups excluding tert-OH is 2. The molecule has 0 fully saturated rings. The molecule has 98 valence electrons. The molecular weight excluding hydrogens is 283 g/mol.